The minimum absolute atomic E-state index is 0.335. The summed E-state index contributed by atoms with van der Waals surface area (Å²) < 4.78 is 6.29. The molecule has 0 bridgehead atoms. The minimum atomic E-state index is 0.335. The Morgan fingerprint density at radius 1 is 1.21 bits per heavy atom. The predicted octanol–water partition coefficient (Wildman–Crippen LogP) is 3.99. The van der Waals surface area contributed by atoms with Gasteiger partial charge in [0.25, 0.3) is 0 Å². The van der Waals surface area contributed by atoms with E-state index in [-0.39, 0.29) is 0 Å². The van der Waals surface area contributed by atoms with Gasteiger partial charge in [-0.05, 0) is 57.7 Å². The van der Waals surface area contributed by atoms with E-state index < -0.39 is 0 Å². The van der Waals surface area contributed by atoms with Crippen molar-refractivity contribution in [2.45, 2.75) is 65.0 Å². The molecule has 0 saturated heterocycles. The molecule has 0 radical (unpaired) electrons. The molecule has 2 atom stereocenters. The van der Waals surface area contributed by atoms with E-state index in [9.17, 15) is 0 Å². The van der Waals surface area contributed by atoms with Crippen molar-refractivity contribution in [3.05, 3.63) is 29.3 Å². The van der Waals surface area contributed by atoms with Crippen molar-refractivity contribution in [1.29, 1.82) is 0 Å². The Morgan fingerprint density at radius 3 is 2.74 bits per heavy atom. The molecule has 1 fully saturated rings. The van der Waals surface area contributed by atoms with E-state index in [2.05, 4.69) is 44.3 Å². The molecule has 1 aliphatic rings. The van der Waals surface area contributed by atoms with Gasteiger partial charge in [-0.15, -0.1) is 0 Å². The molecule has 0 amide bonds. The van der Waals surface area contributed by atoms with E-state index in [1.54, 1.807) is 0 Å². The van der Waals surface area contributed by atoms with Crippen LogP contribution in [0.2, 0.25) is 0 Å². The molecule has 2 unspecified atom stereocenters. The Morgan fingerprint density at radius 2 is 2.00 bits per heavy atom. The molecule has 0 aromatic heterocycles. The highest BCUT2D eigenvalue weighted by atomic mass is 16.5. The van der Waals surface area contributed by atoms with Crippen molar-refractivity contribution >= 4 is 0 Å². The summed E-state index contributed by atoms with van der Waals surface area (Å²) in [5, 5.41) is 3.65. The first-order chi connectivity index (χ1) is 9.20. The van der Waals surface area contributed by atoms with E-state index in [0.29, 0.717) is 12.1 Å². The lowest BCUT2D eigenvalue weighted by Crippen LogP contribution is -2.45. The first-order valence-electron chi connectivity index (χ1n) is 7.68. The van der Waals surface area contributed by atoms with Gasteiger partial charge in [-0.3, -0.25) is 0 Å². The van der Waals surface area contributed by atoms with Crippen molar-refractivity contribution in [2.24, 2.45) is 0 Å². The number of nitrogens with one attached hydrogen (secondary N) is 1. The van der Waals surface area contributed by atoms with Crippen LogP contribution in [-0.4, -0.2) is 18.7 Å². The molecule has 1 aromatic carbocycles. The van der Waals surface area contributed by atoms with Crippen LogP contribution in [0.5, 0.6) is 5.75 Å². The lowest BCUT2D eigenvalue weighted by molar-refractivity contribution is 0.113. The van der Waals surface area contributed by atoms with Gasteiger partial charge in [0.1, 0.15) is 11.9 Å². The van der Waals surface area contributed by atoms with Gasteiger partial charge in [0.05, 0.1) is 0 Å². The number of benzene rings is 1. The molecule has 2 heteroatoms. The fourth-order valence-corrected chi connectivity index (χ4v) is 2.90. The molecule has 1 aliphatic carbocycles. The van der Waals surface area contributed by atoms with Gasteiger partial charge in [-0.1, -0.05) is 31.0 Å². The third-order valence-corrected chi connectivity index (χ3v) is 3.97. The maximum atomic E-state index is 6.29. The summed E-state index contributed by atoms with van der Waals surface area (Å²) in [7, 11) is 0. The highest BCUT2D eigenvalue weighted by Crippen LogP contribution is 2.26. The average molecular weight is 261 g/mol. The number of rotatable bonds is 5. The summed E-state index contributed by atoms with van der Waals surface area (Å²) in [6, 6.07) is 6.98. The van der Waals surface area contributed by atoms with Gasteiger partial charge in [-0.25, -0.2) is 0 Å². The van der Waals surface area contributed by atoms with Crippen LogP contribution < -0.4 is 10.1 Å². The number of aryl methyl sites for hydroxylation is 2. The zero-order valence-electron chi connectivity index (χ0n) is 12.5. The Balaban J connectivity index is 2.02. The van der Waals surface area contributed by atoms with Crippen LogP contribution >= 0.6 is 0 Å². The summed E-state index contributed by atoms with van der Waals surface area (Å²) in [4.78, 5) is 0. The van der Waals surface area contributed by atoms with Crippen molar-refractivity contribution in [2.75, 3.05) is 6.54 Å². The quantitative estimate of drug-likeness (QED) is 0.865. The second kappa shape index (κ2) is 6.95. The summed E-state index contributed by atoms with van der Waals surface area (Å²) in [5.74, 6) is 1.06. The number of hydrogen-bond donors (Lipinski definition) is 1. The SMILES string of the molecule is CCCNC1CCCCC1Oc1ccc(C)cc1C. The lowest BCUT2D eigenvalue weighted by Gasteiger charge is -2.33. The predicted molar refractivity (Wildman–Crippen MR) is 80.9 cm³/mol. The van der Waals surface area contributed by atoms with Crippen LogP contribution in [-0.2, 0) is 0 Å². The largest absolute Gasteiger partial charge is 0.489 e. The van der Waals surface area contributed by atoms with Crippen LogP contribution in [0, 0.1) is 13.8 Å². The molecule has 0 spiro atoms. The third kappa shape index (κ3) is 3.97. The Hall–Kier alpha value is -1.02. The van der Waals surface area contributed by atoms with Crippen molar-refractivity contribution < 1.29 is 4.74 Å². The Bertz CT molecular complexity index is 402. The zero-order chi connectivity index (χ0) is 13.7. The second-order valence-corrected chi connectivity index (χ2v) is 5.77. The fraction of sp³-hybridized carbons (Fsp3) is 0.647. The van der Waals surface area contributed by atoms with Crippen LogP contribution in [0.25, 0.3) is 0 Å². The maximum Gasteiger partial charge on any atom is 0.122 e. The monoisotopic (exact) mass is 261 g/mol. The van der Waals surface area contributed by atoms with Crippen molar-refractivity contribution in [3.63, 3.8) is 0 Å². The molecular formula is C17H27NO. The van der Waals surface area contributed by atoms with E-state index in [1.807, 2.05) is 0 Å². The van der Waals surface area contributed by atoms with Gasteiger partial charge in [0.15, 0.2) is 0 Å². The fourth-order valence-electron chi connectivity index (χ4n) is 2.90. The smallest absolute Gasteiger partial charge is 0.122 e. The van der Waals surface area contributed by atoms with Gasteiger partial charge in [0.2, 0.25) is 0 Å². The van der Waals surface area contributed by atoms with E-state index in [1.165, 1.54) is 43.2 Å². The van der Waals surface area contributed by atoms with Crippen molar-refractivity contribution in [3.8, 4) is 5.75 Å². The minimum Gasteiger partial charge on any atom is -0.489 e. The third-order valence-electron chi connectivity index (χ3n) is 3.97. The molecule has 106 valence electrons. The molecule has 0 aliphatic heterocycles. The molecule has 2 nitrogen and oxygen atoms in total. The topological polar surface area (TPSA) is 21.3 Å². The molecule has 1 N–H and O–H groups in total. The molecule has 0 heterocycles. The molecule has 1 saturated carbocycles. The van der Waals surface area contributed by atoms with Gasteiger partial charge >= 0.3 is 0 Å². The molecule has 1 aromatic rings. The summed E-state index contributed by atoms with van der Waals surface area (Å²) >= 11 is 0. The van der Waals surface area contributed by atoms with Crippen LogP contribution in [0.1, 0.15) is 50.2 Å². The number of ether oxygens (including phenoxy) is 1. The Labute approximate surface area is 117 Å². The molecular weight excluding hydrogens is 234 g/mol. The van der Waals surface area contributed by atoms with Crippen LogP contribution in [0.3, 0.4) is 0 Å². The maximum absolute atomic E-state index is 6.29. The average Bonchev–Trinajstić information content (AvgIpc) is 2.41. The standard InChI is InChI=1S/C17H27NO/c1-4-11-18-15-7-5-6-8-17(15)19-16-10-9-13(2)12-14(16)3/h9-10,12,15,17-18H,4-8,11H2,1-3H3. The van der Waals surface area contributed by atoms with E-state index >= 15 is 0 Å². The highest BCUT2D eigenvalue weighted by Gasteiger charge is 2.26. The summed E-state index contributed by atoms with van der Waals surface area (Å²) in [5.41, 5.74) is 2.55. The van der Waals surface area contributed by atoms with Gasteiger partial charge in [0, 0.05) is 6.04 Å². The normalized spacial score (nSPS) is 23.3. The number of hydrogen-bond acceptors (Lipinski definition) is 2. The van der Waals surface area contributed by atoms with Gasteiger partial charge < -0.3 is 10.1 Å². The zero-order valence-corrected chi connectivity index (χ0v) is 12.5. The lowest BCUT2D eigenvalue weighted by atomic mass is 9.92. The van der Waals surface area contributed by atoms with E-state index in [4.69, 9.17) is 4.74 Å². The molecule has 2 rings (SSSR count). The second-order valence-electron chi connectivity index (χ2n) is 5.77. The van der Waals surface area contributed by atoms with Crippen LogP contribution in [0.4, 0.5) is 0 Å². The molecule has 19 heavy (non-hydrogen) atoms. The Kier molecular flexibility index (Phi) is 5.26. The van der Waals surface area contributed by atoms with Crippen LogP contribution in [0.15, 0.2) is 18.2 Å². The highest BCUT2D eigenvalue weighted by molar-refractivity contribution is 5.35. The first-order valence-corrected chi connectivity index (χ1v) is 7.68. The van der Waals surface area contributed by atoms with E-state index in [0.717, 1.165) is 12.3 Å². The van der Waals surface area contributed by atoms with Gasteiger partial charge in [-0.2, -0.15) is 0 Å². The van der Waals surface area contributed by atoms with Crippen molar-refractivity contribution in [1.82, 2.24) is 5.32 Å². The first kappa shape index (κ1) is 14.4. The summed E-state index contributed by atoms with van der Waals surface area (Å²) in [6.07, 6.45) is 6.56. The summed E-state index contributed by atoms with van der Waals surface area (Å²) in [6.45, 7) is 7.58.